The van der Waals surface area contributed by atoms with Crippen LogP contribution in [0.5, 0.6) is 0 Å². The molecular formula is C18H19N5O2. The van der Waals surface area contributed by atoms with Crippen molar-refractivity contribution in [3.63, 3.8) is 0 Å². The minimum Gasteiger partial charge on any atom is -0.368 e. The second-order valence-corrected chi connectivity index (χ2v) is 5.93. The highest BCUT2D eigenvalue weighted by Crippen LogP contribution is 2.12. The van der Waals surface area contributed by atoms with Crippen LogP contribution in [0.15, 0.2) is 42.6 Å². The second-order valence-electron chi connectivity index (χ2n) is 5.93. The van der Waals surface area contributed by atoms with Gasteiger partial charge >= 0.3 is 0 Å². The van der Waals surface area contributed by atoms with Gasteiger partial charge in [-0.2, -0.15) is 5.10 Å². The molecule has 3 rings (SSSR count). The fourth-order valence-electron chi connectivity index (χ4n) is 2.69. The number of carbonyl (C=O) groups is 2. The fraction of sp³-hybridized carbons (Fsp3) is 0.222. The molecule has 2 aromatic heterocycles. The highest BCUT2D eigenvalue weighted by atomic mass is 16.2. The van der Waals surface area contributed by atoms with Gasteiger partial charge in [0.15, 0.2) is 5.65 Å². The van der Waals surface area contributed by atoms with Crippen molar-refractivity contribution >= 4 is 17.5 Å². The van der Waals surface area contributed by atoms with E-state index in [1.54, 1.807) is 11.4 Å². The molecule has 3 N–H and O–H groups in total. The number of rotatable bonds is 5. The van der Waals surface area contributed by atoms with Gasteiger partial charge in [0.1, 0.15) is 6.04 Å². The number of nitrogens with zero attached hydrogens (tertiary/aromatic N) is 3. The van der Waals surface area contributed by atoms with Crippen LogP contribution in [0.25, 0.3) is 5.65 Å². The van der Waals surface area contributed by atoms with Gasteiger partial charge in [0, 0.05) is 18.7 Å². The third kappa shape index (κ3) is 3.50. The van der Waals surface area contributed by atoms with E-state index in [0.717, 1.165) is 11.3 Å². The van der Waals surface area contributed by atoms with Crippen molar-refractivity contribution in [2.45, 2.75) is 26.3 Å². The molecule has 0 saturated heterocycles. The lowest BCUT2D eigenvalue weighted by Crippen LogP contribution is -2.46. The summed E-state index contributed by atoms with van der Waals surface area (Å²) in [6.07, 6.45) is 1.82. The third-order valence-corrected chi connectivity index (χ3v) is 4.02. The summed E-state index contributed by atoms with van der Waals surface area (Å²) in [7, 11) is 0. The van der Waals surface area contributed by atoms with E-state index in [9.17, 15) is 9.59 Å². The van der Waals surface area contributed by atoms with Crippen molar-refractivity contribution < 1.29 is 9.59 Å². The SMILES string of the molecule is Cc1cc2ncc(C(=O)N[C@@H](Cc3ccccc3)C(N)=O)c(C)n2n1. The molecule has 3 aromatic rings. The first-order valence-electron chi connectivity index (χ1n) is 7.92. The Morgan fingerprint density at radius 3 is 2.64 bits per heavy atom. The van der Waals surface area contributed by atoms with E-state index in [1.807, 2.05) is 43.3 Å². The predicted molar refractivity (Wildman–Crippen MR) is 93.1 cm³/mol. The van der Waals surface area contributed by atoms with Gasteiger partial charge in [0.2, 0.25) is 5.91 Å². The number of carbonyl (C=O) groups excluding carboxylic acids is 2. The molecule has 0 aliphatic heterocycles. The van der Waals surface area contributed by atoms with E-state index >= 15 is 0 Å². The van der Waals surface area contributed by atoms with E-state index < -0.39 is 17.9 Å². The van der Waals surface area contributed by atoms with Crippen LogP contribution in [-0.4, -0.2) is 32.5 Å². The van der Waals surface area contributed by atoms with Crippen LogP contribution in [0, 0.1) is 13.8 Å². The third-order valence-electron chi connectivity index (χ3n) is 4.02. The minimum atomic E-state index is -0.802. The summed E-state index contributed by atoms with van der Waals surface area (Å²) in [6.45, 7) is 3.64. The average molecular weight is 337 g/mol. The molecule has 0 aliphatic carbocycles. The van der Waals surface area contributed by atoms with E-state index in [-0.39, 0.29) is 0 Å². The molecule has 7 heteroatoms. The maximum atomic E-state index is 12.6. The summed E-state index contributed by atoms with van der Waals surface area (Å²) < 4.78 is 1.61. The van der Waals surface area contributed by atoms with E-state index in [2.05, 4.69) is 15.4 Å². The highest BCUT2D eigenvalue weighted by molar-refractivity contribution is 5.98. The summed E-state index contributed by atoms with van der Waals surface area (Å²) in [5.74, 6) is -0.987. The van der Waals surface area contributed by atoms with Gasteiger partial charge in [-0.25, -0.2) is 9.50 Å². The molecule has 0 saturated carbocycles. The number of primary amides is 1. The van der Waals surface area contributed by atoms with Gasteiger partial charge in [-0.3, -0.25) is 9.59 Å². The van der Waals surface area contributed by atoms with Crippen molar-refractivity contribution in [2.24, 2.45) is 5.73 Å². The van der Waals surface area contributed by atoms with E-state index in [1.165, 1.54) is 6.20 Å². The molecule has 0 aliphatic rings. The van der Waals surface area contributed by atoms with E-state index in [4.69, 9.17) is 5.73 Å². The van der Waals surface area contributed by atoms with Crippen molar-refractivity contribution in [2.75, 3.05) is 0 Å². The quantitative estimate of drug-likeness (QED) is 0.729. The van der Waals surface area contributed by atoms with Crippen LogP contribution in [0.3, 0.4) is 0 Å². The standard InChI is InChI=1S/C18H19N5O2/c1-11-8-16-20-10-14(12(2)23(16)22-11)18(25)21-15(17(19)24)9-13-6-4-3-5-7-13/h3-8,10,15H,9H2,1-2H3,(H2,19,24)(H,21,25)/t15-/m0/s1. The zero-order valence-electron chi connectivity index (χ0n) is 14.1. The summed E-state index contributed by atoms with van der Waals surface area (Å²) in [4.78, 5) is 28.6. The minimum absolute atomic E-state index is 0.331. The maximum absolute atomic E-state index is 12.6. The number of nitrogens with two attached hydrogens (primary N) is 1. The van der Waals surface area contributed by atoms with Gasteiger partial charge in [0.25, 0.3) is 5.91 Å². The Morgan fingerprint density at radius 2 is 1.96 bits per heavy atom. The smallest absolute Gasteiger partial charge is 0.255 e. The Bertz CT molecular complexity index is 933. The molecule has 0 fully saturated rings. The largest absolute Gasteiger partial charge is 0.368 e. The molecule has 0 radical (unpaired) electrons. The summed E-state index contributed by atoms with van der Waals surface area (Å²) >= 11 is 0. The summed E-state index contributed by atoms with van der Waals surface area (Å²) in [6, 6.07) is 10.4. The number of amides is 2. The van der Waals surface area contributed by atoms with Gasteiger partial charge < -0.3 is 11.1 Å². The van der Waals surface area contributed by atoms with E-state index in [0.29, 0.717) is 23.3 Å². The zero-order chi connectivity index (χ0) is 18.0. The number of aromatic nitrogens is 3. The molecule has 0 unspecified atom stereocenters. The molecule has 1 atom stereocenters. The Hall–Kier alpha value is -3.22. The van der Waals surface area contributed by atoms with Crippen molar-refractivity contribution in [3.05, 3.63) is 65.1 Å². The van der Waals surface area contributed by atoms with Gasteiger partial charge in [0.05, 0.1) is 17.0 Å². The van der Waals surface area contributed by atoms with Crippen LogP contribution in [-0.2, 0) is 11.2 Å². The monoisotopic (exact) mass is 337 g/mol. The van der Waals surface area contributed by atoms with Crippen LogP contribution in [0.2, 0.25) is 0 Å². The number of aryl methyl sites for hydroxylation is 2. The number of hydrogen-bond acceptors (Lipinski definition) is 4. The fourth-order valence-corrected chi connectivity index (χ4v) is 2.69. The van der Waals surface area contributed by atoms with Crippen molar-refractivity contribution in [1.82, 2.24) is 19.9 Å². The number of nitrogens with one attached hydrogen (secondary N) is 1. The molecule has 0 spiro atoms. The summed E-state index contributed by atoms with van der Waals surface area (Å²) in [5, 5.41) is 7.02. The number of hydrogen-bond donors (Lipinski definition) is 2. The van der Waals surface area contributed by atoms with Crippen LogP contribution in [0.4, 0.5) is 0 Å². The first kappa shape index (κ1) is 16.6. The van der Waals surface area contributed by atoms with Crippen LogP contribution in [0.1, 0.15) is 27.3 Å². The van der Waals surface area contributed by atoms with Crippen LogP contribution < -0.4 is 11.1 Å². The van der Waals surface area contributed by atoms with Crippen molar-refractivity contribution in [1.29, 1.82) is 0 Å². The second kappa shape index (κ2) is 6.72. The Morgan fingerprint density at radius 1 is 1.24 bits per heavy atom. The van der Waals surface area contributed by atoms with Gasteiger partial charge in [-0.1, -0.05) is 30.3 Å². The number of benzene rings is 1. The Kier molecular flexibility index (Phi) is 4.47. The lowest BCUT2D eigenvalue weighted by Gasteiger charge is -2.16. The first-order chi connectivity index (χ1) is 12.0. The normalized spacial score (nSPS) is 12.1. The van der Waals surface area contributed by atoms with Gasteiger partial charge in [-0.15, -0.1) is 0 Å². The molecule has 0 bridgehead atoms. The molecule has 128 valence electrons. The highest BCUT2D eigenvalue weighted by Gasteiger charge is 2.21. The van der Waals surface area contributed by atoms with Crippen molar-refractivity contribution in [3.8, 4) is 0 Å². The first-order valence-corrected chi connectivity index (χ1v) is 7.92. The molecule has 1 aromatic carbocycles. The average Bonchev–Trinajstić information content (AvgIpc) is 2.96. The molecule has 2 amide bonds. The molecular weight excluding hydrogens is 318 g/mol. The van der Waals surface area contributed by atoms with Crippen LogP contribution >= 0.6 is 0 Å². The number of fused-ring (bicyclic) bond motifs is 1. The predicted octanol–water partition coefficient (Wildman–Crippen LogP) is 1.17. The molecule has 2 heterocycles. The zero-order valence-corrected chi connectivity index (χ0v) is 14.1. The Labute approximate surface area is 144 Å². The lowest BCUT2D eigenvalue weighted by molar-refractivity contribution is -0.119. The summed E-state index contributed by atoms with van der Waals surface area (Å²) in [5.41, 5.74) is 8.86. The molecule has 7 nitrogen and oxygen atoms in total. The molecule has 25 heavy (non-hydrogen) atoms. The topological polar surface area (TPSA) is 102 Å². The maximum Gasteiger partial charge on any atom is 0.255 e. The van der Waals surface area contributed by atoms with Gasteiger partial charge in [-0.05, 0) is 19.4 Å². The Balaban J connectivity index is 1.84. The lowest BCUT2D eigenvalue weighted by atomic mass is 10.0.